The topological polar surface area (TPSA) is 61.0 Å². The van der Waals surface area contributed by atoms with Gasteiger partial charge in [-0.25, -0.2) is 4.98 Å². The van der Waals surface area contributed by atoms with Gasteiger partial charge in [-0.15, -0.1) is 0 Å². The van der Waals surface area contributed by atoms with Crippen molar-refractivity contribution in [3.8, 4) is 0 Å². The van der Waals surface area contributed by atoms with Crippen LogP contribution >= 0.6 is 0 Å². The molecule has 1 unspecified atom stereocenters. The minimum atomic E-state index is -0.0834. The molecular weight excluding hydrogens is 252 g/mol. The van der Waals surface area contributed by atoms with Crippen molar-refractivity contribution in [3.63, 3.8) is 0 Å². The van der Waals surface area contributed by atoms with Crippen LogP contribution in [0, 0.1) is 5.92 Å². The van der Waals surface area contributed by atoms with Crippen LogP contribution in [-0.4, -0.2) is 46.5 Å². The number of fused-ring (bicyclic) bond motifs is 4. The summed E-state index contributed by atoms with van der Waals surface area (Å²) in [5.41, 5.74) is 1.75. The van der Waals surface area contributed by atoms with E-state index in [0.717, 1.165) is 17.6 Å². The monoisotopic (exact) mass is 270 g/mol. The third-order valence-corrected chi connectivity index (χ3v) is 4.58. The molecule has 1 aromatic carbocycles. The molecule has 1 amide bonds. The van der Waals surface area contributed by atoms with Crippen molar-refractivity contribution in [2.24, 2.45) is 5.92 Å². The number of benzene rings is 1. The predicted molar refractivity (Wildman–Crippen MR) is 76.5 cm³/mol. The third-order valence-electron chi connectivity index (χ3n) is 4.58. The Morgan fingerprint density at radius 1 is 1.30 bits per heavy atom. The van der Waals surface area contributed by atoms with Crippen molar-refractivity contribution in [3.05, 3.63) is 30.1 Å². The summed E-state index contributed by atoms with van der Waals surface area (Å²) in [5, 5.41) is 3.15. The highest BCUT2D eigenvalue weighted by molar-refractivity contribution is 5.94. The number of hydrogen-bond donors (Lipinski definition) is 2. The van der Waals surface area contributed by atoms with E-state index in [2.05, 4.69) is 20.2 Å². The van der Waals surface area contributed by atoms with E-state index >= 15 is 0 Å². The summed E-state index contributed by atoms with van der Waals surface area (Å²) in [4.78, 5) is 22.2. The van der Waals surface area contributed by atoms with Crippen LogP contribution in [0.15, 0.2) is 24.3 Å². The van der Waals surface area contributed by atoms with Crippen LogP contribution in [0.3, 0.4) is 0 Å². The van der Waals surface area contributed by atoms with Crippen molar-refractivity contribution < 1.29 is 4.79 Å². The summed E-state index contributed by atoms with van der Waals surface area (Å²) < 4.78 is 0. The van der Waals surface area contributed by atoms with Crippen LogP contribution < -0.4 is 5.32 Å². The zero-order valence-electron chi connectivity index (χ0n) is 11.3. The normalized spacial score (nSPS) is 28.7. The Kier molecular flexibility index (Phi) is 2.73. The molecule has 20 heavy (non-hydrogen) atoms. The van der Waals surface area contributed by atoms with Gasteiger partial charge in [0, 0.05) is 12.6 Å². The Morgan fingerprint density at radius 3 is 2.80 bits per heavy atom. The van der Waals surface area contributed by atoms with Gasteiger partial charge in [0.25, 0.3) is 5.91 Å². The summed E-state index contributed by atoms with van der Waals surface area (Å²) in [6, 6.07) is 8.00. The van der Waals surface area contributed by atoms with E-state index in [-0.39, 0.29) is 11.9 Å². The molecule has 2 N–H and O–H groups in total. The molecule has 3 aliphatic heterocycles. The highest BCUT2D eigenvalue weighted by Gasteiger charge is 2.35. The van der Waals surface area contributed by atoms with Gasteiger partial charge in [0.1, 0.15) is 0 Å². The summed E-state index contributed by atoms with van der Waals surface area (Å²) in [6.45, 7) is 3.35. The molecule has 5 rings (SSSR count). The number of H-pyrrole nitrogens is 1. The van der Waals surface area contributed by atoms with Crippen molar-refractivity contribution in [2.45, 2.75) is 18.9 Å². The van der Waals surface area contributed by atoms with E-state index in [0.29, 0.717) is 11.7 Å². The Hall–Kier alpha value is -1.88. The molecule has 5 heteroatoms. The number of piperidine rings is 3. The third kappa shape index (κ3) is 1.98. The summed E-state index contributed by atoms with van der Waals surface area (Å²) in [6.07, 6.45) is 2.40. The molecule has 3 aliphatic rings. The molecule has 2 bridgehead atoms. The lowest BCUT2D eigenvalue weighted by Gasteiger charge is -2.44. The molecule has 0 aliphatic carbocycles. The van der Waals surface area contributed by atoms with E-state index in [1.165, 1.54) is 25.9 Å². The maximum absolute atomic E-state index is 12.3. The number of carbonyl (C=O) groups excluding carboxylic acids is 1. The second-order valence-corrected chi connectivity index (χ2v) is 5.82. The lowest BCUT2D eigenvalue weighted by atomic mass is 9.84. The van der Waals surface area contributed by atoms with Gasteiger partial charge >= 0.3 is 0 Å². The van der Waals surface area contributed by atoms with Gasteiger partial charge in [-0.1, -0.05) is 12.1 Å². The zero-order valence-corrected chi connectivity index (χ0v) is 11.3. The molecule has 1 aromatic heterocycles. The largest absolute Gasteiger partial charge is 0.345 e. The number of imidazole rings is 1. The molecule has 5 nitrogen and oxygen atoms in total. The van der Waals surface area contributed by atoms with Crippen LogP contribution in [0.5, 0.6) is 0 Å². The van der Waals surface area contributed by atoms with Crippen molar-refractivity contribution >= 4 is 16.9 Å². The van der Waals surface area contributed by atoms with Gasteiger partial charge in [0.15, 0.2) is 5.82 Å². The van der Waals surface area contributed by atoms with Crippen LogP contribution in [0.1, 0.15) is 23.5 Å². The lowest BCUT2D eigenvalue weighted by Crippen LogP contribution is -2.57. The van der Waals surface area contributed by atoms with Gasteiger partial charge in [0.05, 0.1) is 11.0 Å². The second kappa shape index (κ2) is 4.59. The summed E-state index contributed by atoms with van der Waals surface area (Å²) in [5.74, 6) is 0.968. The van der Waals surface area contributed by atoms with Gasteiger partial charge in [-0.3, -0.25) is 4.79 Å². The average molecular weight is 270 g/mol. The van der Waals surface area contributed by atoms with Crippen molar-refractivity contribution in [1.82, 2.24) is 20.2 Å². The first-order valence-corrected chi connectivity index (χ1v) is 7.27. The number of nitrogens with one attached hydrogen (secondary N) is 2. The summed E-state index contributed by atoms with van der Waals surface area (Å²) >= 11 is 0. The first-order valence-electron chi connectivity index (χ1n) is 7.27. The van der Waals surface area contributed by atoms with E-state index in [1.807, 2.05) is 24.3 Å². The van der Waals surface area contributed by atoms with Crippen molar-refractivity contribution in [1.29, 1.82) is 0 Å². The molecule has 3 saturated heterocycles. The number of amides is 1. The van der Waals surface area contributed by atoms with E-state index in [1.54, 1.807) is 0 Å². The smallest absolute Gasteiger partial charge is 0.287 e. The Morgan fingerprint density at radius 2 is 2.10 bits per heavy atom. The molecule has 0 radical (unpaired) electrons. The second-order valence-electron chi connectivity index (χ2n) is 5.82. The van der Waals surface area contributed by atoms with Gasteiger partial charge < -0.3 is 15.2 Å². The highest BCUT2D eigenvalue weighted by Crippen LogP contribution is 2.27. The predicted octanol–water partition coefficient (Wildman–Crippen LogP) is 1.39. The standard InChI is InChI=1S/C15H18N4O/c20-15(14-16-11-3-1-2-4-12(11)17-14)18-13-9-19-7-5-10(13)6-8-19/h1-4,10,13H,5-9H2,(H,16,17)(H,18,20). The quantitative estimate of drug-likeness (QED) is 0.867. The number of nitrogens with zero attached hydrogens (tertiary/aromatic N) is 2. The average Bonchev–Trinajstić information content (AvgIpc) is 2.92. The SMILES string of the molecule is O=C(NC1CN2CCC1CC2)c1nc2ccccc2[nH]1. The molecule has 3 fully saturated rings. The van der Waals surface area contributed by atoms with Gasteiger partial charge in [0.2, 0.25) is 0 Å². The van der Waals surface area contributed by atoms with Crippen molar-refractivity contribution in [2.75, 3.05) is 19.6 Å². The Balaban J connectivity index is 1.52. The van der Waals surface area contributed by atoms with E-state index in [9.17, 15) is 4.79 Å². The fourth-order valence-electron chi connectivity index (χ4n) is 3.43. The van der Waals surface area contributed by atoms with Crippen LogP contribution in [0.2, 0.25) is 0 Å². The first-order chi connectivity index (χ1) is 9.79. The fraction of sp³-hybridized carbons (Fsp3) is 0.467. The Labute approximate surface area is 117 Å². The number of rotatable bonds is 2. The molecule has 0 saturated carbocycles. The number of aromatic amines is 1. The molecule has 104 valence electrons. The lowest BCUT2D eigenvalue weighted by molar-refractivity contribution is 0.0615. The zero-order chi connectivity index (χ0) is 13.5. The minimum absolute atomic E-state index is 0.0834. The van der Waals surface area contributed by atoms with E-state index in [4.69, 9.17) is 0 Å². The highest BCUT2D eigenvalue weighted by atomic mass is 16.2. The van der Waals surface area contributed by atoms with Gasteiger partial charge in [-0.05, 0) is 44.0 Å². The minimum Gasteiger partial charge on any atom is -0.345 e. The number of carbonyl (C=O) groups is 1. The van der Waals surface area contributed by atoms with Crippen LogP contribution in [0.25, 0.3) is 11.0 Å². The van der Waals surface area contributed by atoms with E-state index < -0.39 is 0 Å². The Bertz CT molecular complexity index is 609. The molecule has 4 heterocycles. The summed E-state index contributed by atoms with van der Waals surface area (Å²) in [7, 11) is 0. The number of para-hydroxylation sites is 2. The van der Waals surface area contributed by atoms with Crippen LogP contribution in [0.4, 0.5) is 0 Å². The van der Waals surface area contributed by atoms with Crippen LogP contribution in [-0.2, 0) is 0 Å². The van der Waals surface area contributed by atoms with Gasteiger partial charge in [-0.2, -0.15) is 0 Å². The maximum Gasteiger partial charge on any atom is 0.287 e. The molecule has 0 spiro atoms. The fourth-order valence-corrected chi connectivity index (χ4v) is 3.43. The molecule has 1 atom stereocenters. The number of hydrogen-bond acceptors (Lipinski definition) is 3. The number of aromatic nitrogens is 2. The molecule has 2 aromatic rings. The first kappa shape index (κ1) is 11.9. The maximum atomic E-state index is 12.3. The molecular formula is C15H18N4O.